The Balaban J connectivity index is 1.21. The first-order chi connectivity index (χ1) is 25.8. The van der Waals surface area contributed by atoms with Crippen LogP contribution in [0.4, 0.5) is 26.3 Å². The zero-order valence-electron chi connectivity index (χ0n) is 29.7. The van der Waals surface area contributed by atoms with E-state index in [0.29, 0.717) is 21.3 Å². The van der Waals surface area contributed by atoms with Gasteiger partial charge in [-0.1, -0.05) is 48.5 Å². The fraction of sp³-hybridized carbons (Fsp3) is 0.350. The van der Waals surface area contributed by atoms with Crippen molar-refractivity contribution in [3.63, 3.8) is 0 Å². The number of rotatable bonds is 19. The Morgan fingerprint density at radius 2 is 0.926 bits per heavy atom. The molecule has 54 heavy (non-hydrogen) atoms. The summed E-state index contributed by atoms with van der Waals surface area (Å²) >= 11 is 2.63. The Morgan fingerprint density at radius 1 is 0.556 bits per heavy atom. The second-order valence-electron chi connectivity index (χ2n) is 11.8. The average molecular weight is 795 g/mol. The third kappa shape index (κ3) is 13.5. The molecule has 0 aliphatic carbocycles. The van der Waals surface area contributed by atoms with Crippen molar-refractivity contribution in [2.45, 2.75) is 61.7 Å². The molecule has 4 rings (SSSR count). The van der Waals surface area contributed by atoms with Crippen molar-refractivity contribution in [2.75, 3.05) is 37.9 Å². The summed E-state index contributed by atoms with van der Waals surface area (Å²) in [4.78, 5) is 23.9. The van der Waals surface area contributed by atoms with Crippen molar-refractivity contribution in [1.82, 2.24) is 0 Å². The average Bonchev–Trinajstić information content (AvgIpc) is 3.14. The van der Waals surface area contributed by atoms with Gasteiger partial charge in [-0.05, 0) is 110 Å². The minimum absolute atomic E-state index is 0.106. The maximum absolute atomic E-state index is 13.7. The molecule has 0 aliphatic heterocycles. The van der Waals surface area contributed by atoms with E-state index in [4.69, 9.17) is 18.9 Å². The van der Waals surface area contributed by atoms with E-state index in [-0.39, 0.29) is 13.2 Å². The topological polar surface area (TPSA) is 71.1 Å². The van der Waals surface area contributed by atoms with E-state index in [0.717, 1.165) is 60.1 Å². The number of carbonyl (C=O) groups excluding carboxylic acids is 2. The normalized spacial score (nSPS) is 11.6. The summed E-state index contributed by atoms with van der Waals surface area (Å²) < 4.78 is 102. The number of hydrogen-bond acceptors (Lipinski definition) is 8. The Labute approximate surface area is 318 Å². The van der Waals surface area contributed by atoms with Crippen LogP contribution >= 0.6 is 23.5 Å². The first kappa shape index (κ1) is 42.4. The molecule has 4 aromatic rings. The molecule has 0 fully saturated rings. The molecule has 0 bridgehead atoms. The second kappa shape index (κ2) is 20.4. The zero-order chi connectivity index (χ0) is 39.1. The summed E-state index contributed by atoms with van der Waals surface area (Å²) in [5.41, 5.74) is 2.41. The van der Waals surface area contributed by atoms with Gasteiger partial charge in [0.1, 0.15) is 11.5 Å². The SMILES string of the molecule is CCOC(=O)COc1ccc(SCCCc2ccc(-c3ccc(CCCSc4ccc(OCC(=O)OCC)c(C(F)(F)F)c4)cc3)cc2)cc1C(F)(F)F. The van der Waals surface area contributed by atoms with Crippen LogP contribution in [-0.4, -0.2) is 49.9 Å². The van der Waals surface area contributed by atoms with E-state index in [9.17, 15) is 35.9 Å². The first-order valence-corrected chi connectivity index (χ1v) is 19.2. The van der Waals surface area contributed by atoms with Gasteiger partial charge in [-0.25, -0.2) is 9.59 Å². The quantitative estimate of drug-likeness (QED) is 0.0402. The van der Waals surface area contributed by atoms with E-state index < -0.39 is 60.1 Å². The van der Waals surface area contributed by atoms with E-state index in [1.54, 1.807) is 26.0 Å². The van der Waals surface area contributed by atoms with Gasteiger partial charge in [0, 0.05) is 9.79 Å². The molecule has 0 saturated heterocycles. The van der Waals surface area contributed by atoms with E-state index in [1.165, 1.54) is 35.7 Å². The Kier molecular flexibility index (Phi) is 16.0. The molecule has 0 aromatic heterocycles. The highest BCUT2D eigenvalue weighted by Crippen LogP contribution is 2.40. The van der Waals surface area contributed by atoms with Gasteiger partial charge in [-0.3, -0.25) is 0 Å². The zero-order valence-corrected chi connectivity index (χ0v) is 31.3. The number of thioether (sulfide) groups is 2. The predicted octanol–water partition coefficient (Wildman–Crippen LogP) is 10.7. The number of alkyl halides is 6. The lowest BCUT2D eigenvalue weighted by atomic mass is 10.0. The number of benzene rings is 4. The molecule has 290 valence electrons. The van der Waals surface area contributed by atoms with Gasteiger partial charge in [0.2, 0.25) is 0 Å². The largest absolute Gasteiger partial charge is 0.481 e. The van der Waals surface area contributed by atoms with Crippen LogP contribution in [0.15, 0.2) is 94.7 Å². The number of aryl methyl sites for hydroxylation is 2. The van der Waals surface area contributed by atoms with Gasteiger partial charge in [-0.15, -0.1) is 23.5 Å². The maximum atomic E-state index is 13.7. The second-order valence-corrected chi connectivity index (χ2v) is 14.1. The van der Waals surface area contributed by atoms with Crippen molar-refractivity contribution in [3.05, 3.63) is 107 Å². The summed E-state index contributed by atoms with van der Waals surface area (Å²) in [5.74, 6) is -1.10. The number of hydrogen-bond donors (Lipinski definition) is 0. The summed E-state index contributed by atoms with van der Waals surface area (Å²) in [6.07, 6.45) is -6.28. The lowest BCUT2D eigenvalue weighted by Gasteiger charge is -2.15. The van der Waals surface area contributed by atoms with Crippen molar-refractivity contribution in [1.29, 1.82) is 0 Å². The summed E-state index contributed by atoms with van der Waals surface area (Å²) in [7, 11) is 0. The van der Waals surface area contributed by atoms with Crippen LogP contribution in [0.25, 0.3) is 11.1 Å². The van der Waals surface area contributed by atoms with E-state index in [1.807, 2.05) is 48.5 Å². The van der Waals surface area contributed by atoms with Gasteiger partial charge in [0.25, 0.3) is 0 Å². The predicted molar refractivity (Wildman–Crippen MR) is 197 cm³/mol. The molecule has 0 amide bonds. The van der Waals surface area contributed by atoms with Crippen LogP contribution in [0.2, 0.25) is 0 Å². The highest BCUT2D eigenvalue weighted by molar-refractivity contribution is 7.99. The Bertz CT molecular complexity index is 1680. The van der Waals surface area contributed by atoms with E-state index >= 15 is 0 Å². The van der Waals surface area contributed by atoms with Crippen molar-refractivity contribution in [2.24, 2.45) is 0 Å². The van der Waals surface area contributed by atoms with Gasteiger partial charge in [-0.2, -0.15) is 26.3 Å². The van der Waals surface area contributed by atoms with Gasteiger partial charge in [0.05, 0.1) is 24.3 Å². The standard InChI is InChI=1S/C40H40F6O6S2/c1-3-49-37(47)25-51-35-19-17-31(23-33(35)39(41,42)43)53-21-5-7-27-9-13-29(14-10-27)30-15-11-28(12-16-30)8-6-22-54-32-18-20-36(34(24-32)40(44,45)46)52-26-38(48)50-4-2/h9-20,23-24H,3-8,21-22,25-26H2,1-2H3. The third-order valence-electron chi connectivity index (χ3n) is 7.81. The molecular weight excluding hydrogens is 755 g/mol. The summed E-state index contributed by atoms with van der Waals surface area (Å²) in [6, 6.07) is 23.9. The molecule has 0 heterocycles. The molecule has 0 atom stereocenters. The van der Waals surface area contributed by atoms with E-state index in [2.05, 4.69) is 0 Å². The number of carbonyl (C=O) groups is 2. The minimum atomic E-state index is -4.64. The molecule has 14 heteroatoms. The molecule has 4 aromatic carbocycles. The monoisotopic (exact) mass is 794 g/mol. The minimum Gasteiger partial charge on any atom is -0.481 e. The molecule has 6 nitrogen and oxygen atoms in total. The van der Waals surface area contributed by atoms with Crippen LogP contribution in [0.5, 0.6) is 11.5 Å². The summed E-state index contributed by atoms with van der Waals surface area (Å²) in [5, 5.41) is 0. The number of ether oxygens (including phenoxy) is 4. The lowest BCUT2D eigenvalue weighted by Crippen LogP contribution is -2.17. The lowest BCUT2D eigenvalue weighted by molar-refractivity contribution is -0.147. The van der Waals surface area contributed by atoms with Crippen LogP contribution < -0.4 is 9.47 Å². The van der Waals surface area contributed by atoms with Crippen LogP contribution in [0, 0.1) is 0 Å². The van der Waals surface area contributed by atoms with Crippen LogP contribution in [-0.2, 0) is 44.3 Å². The van der Waals surface area contributed by atoms with Gasteiger partial charge in [0.15, 0.2) is 13.2 Å². The van der Waals surface area contributed by atoms with Gasteiger partial charge >= 0.3 is 24.3 Å². The fourth-order valence-corrected chi connectivity index (χ4v) is 7.01. The highest BCUT2D eigenvalue weighted by Gasteiger charge is 2.36. The Morgan fingerprint density at radius 3 is 1.26 bits per heavy atom. The van der Waals surface area contributed by atoms with Gasteiger partial charge < -0.3 is 18.9 Å². The van der Waals surface area contributed by atoms with Crippen LogP contribution in [0.1, 0.15) is 48.9 Å². The smallest absolute Gasteiger partial charge is 0.420 e. The fourth-order valence-electron chi connectivity index (χ4n) is 5.23. The molecule has 0 unspecified atom stereocenters. The van der Waals surface area contributed by atoms with Crippen molar-refractivity contribution < 1.29 is 54.9 Å². The molecule has 0 aliphatic rings. The third-order valence-corrected chi connectivity index (χ3v) is 9.97. The van der Waals surface area contributed by atoms with Crippen molar-refractivity contribution in [3.8, 4) is 22.6 Å². The molecule has 0 N–H and O–H groups in total. The maximum Gasteiger partial charge on any atom is 0.420 e. The molecular formula is C40H40F6O6S2. The number of halogens is 6. The molecule has 0 radical (unpaired) electrons. The van der Waals surface area contributed by atoms with Crippen LogP contribution in [0.3, 0.4) is 0 Å². The first-order valence-electron chi connectivity index (χ1n) is 17.2. The highest BCUT2D eigenvalue weighted by atomic mass is 32.2. The molecule has 0 saturated carbocycles. The van der Waals surface area contributed by atoms with Crippen molar-refractivity contribution >= 4 is 35.5 Å². The summed E-state index contributed by atoms with van der Waals surface area (Å²) in [6.45, 7) is 2.20. The Hall–Kier alpha value is -4.30. The molecule has 0 spiro atoms. The number of esters is 2.